The maximum absolute atomic E-state index is 11.9. The first-order valence-electron chi connectivity index (χ1n) is 7.51. The lowest BCUT2D eigenvalue weighted by atomic mass is 9.64. The van der Waals surface area contributed by atoms with Crippen LogP contribution in [0.5, 0.6) is 5.75 Å². The first kappa shape index (κ1) is 17.2. The zero-order valence-corrected chi connectivity index (χ0v) is 13.2. The van der Waals surface area contributed by atoms with Crippen LogP contribution in [0.3, 0.4) is 0 Å². The lowest BCUT2D eigenvalue weighted by molar-refractivity contribution is -0.123. The summed E-state index contributed by atoms with van der Waals surface area (Å²) in [4.78, 5) is 34.2. The number of aromatic carboxylic acids is 1. The predicted octanol–water partition coefficient (Wildman–Crippen LogP) is 1.81. The highest BCUT2D eigenvalue weighted by molar-refractivity contribution is 6.47. The summed E-state index contributed by atoms with van der Waals surface area (Å²) in [7, 11) is -1.23. The van der Waals surface area contributed by atoms with Gasteiger partial charge in [-0.2, -0.15) is 0 Å². The maximum Gasteiger partial charge on any atom is 0.526 e. The fourth-order valence-corrected chi connectivity index (χ4v) is 2.77. The zero-order chi connectivity index (χ0) is 17.1. The minimum atomic E-state index is -1.23. The molecule has 2 N–H and O–H groups in total. The molecule has 1 aromatic carbocycles. The lowest BCUT2D eigenvalue weighted by Crippen LogP contribution is -2.36. The van der Waals surface area contributed by atoms with Gasteiger partial charge in [0.1, 0.15) is 22.9 Å². The van der Waals surface area contributed by atoms with E-state index >= 15 is 0 Å². The van der Waals surface area contributed by atoms with E-state index in [0.29, 0.717) is 17.5 Å². The van der Waals surface area contributed by atoms with E-state index in [-0.39, 0.29) is 42.1 Å². The van der Waals surface area contributed by atoms with Crippen LogP contribution in [0.2, 0.25) is 5.82 Å². The van der Waals surface area contributed by atoms with Crippen molar-refractivity contribution in [1.29, 1.82) is 0 Å². The summed E-state index contributed by atoms with van der Waals surface area (Å²) < 4.78 is 5.40. The first-order valence-corrected chi connectivity index (χ1v) is 7.51. The van der Waals surface area contributed by atoms with Crippen LogP contribution in [0, 0.1) is 6.92 Å². The molecule has 0 unspecified atom stereocenters. The van der Waals surface area contributed by atoms with Gasteiger partial charge < -0.3 is 19.6 Å². The van der Waals surface area contributed by atoms with E-state index < -0.39 is 18.9 Å². The molecule has 0 bridgehead atoms. The number of Topliss-reactive ketones (excluding diaryl/α,β-unsaturated/α-hetero) is 2. The average molecular weight is 318 g/mol. The van der Waals surface area contributed by atoms with Crippen LogP contribution in [0.15, 0.2) is 12.1 Å². The molecule has 2 rings (SSSR count). The van der Waals surface area contributed by atoms with Crippen molar-refractivity contribution in [1.82, 2.24) is 0 Å². The number of hydrogen-bond donors (Lipinski definition) is 2. The summed E-state index contributed by atoms with van der Waals surface area (Å²) in [6.45, 7) is 3.09. The van der Waals surface area contributed by atoms with Gasteiger partial charge in [0, 0.05) is 25.1 Å². The number of carbonyl (C=O) groups excluding carboxylic acids is 2. The van der Waals surface area contributed by atoms with Crippen LogP contribution in [0.25, 0.3) is 0 Å². The van der Waals surface area contributed by atoms with E-state index in [0.717, 1.165) is 0 Å². The van der Waals surface area contributed by atoms with Crippen molar-refractivity contribution in [2.45, 2.75) is 45.3 Å². The van der Waals surface area contributed by atoms with Gasteiger partial charge >= 0.3 is 13.1 Å². The van der Waals surface area contributed by atoms with Crippen molar-refractivity contribution in [2.75, 3.05) is 0 Å². The standard InChI is InChI=1S/C16H19BO6/c1-9-3-5-11-7-12(8-13(19)6-4-10(2)18)17(22)23-15(11)14(9)16(20)21/h3,5,12,22H,4,6-8H2,1-2H3,(H,20,21)/t12-/m1/s1. The SMILES string of the molecule is CC(=O)CCC(=O)C[C@H]1Cc2ccc(C)c(C(=O)O)c2OB1O. The summed E-state index contributed by atoms with van der Waals surface area (Å²) in [6.07, 6.45) is 0.814. The van der Waals surface area contributed by atoms with E-state index in [4.69, 9.17) is 4.65 Å². The van der Waals surface area contributed by atoms with Crippen LogP contribution in [-0.2, 0) is 16.0 Å². The topological polar surface area (TPSA) is 101 Å². The Kier molecular flexibility index (Phi) is 5.21. The second kappa shape index (κ2) is 6.96. The fraction of sp³-hybridized carbons (Fsp3) is 0.438. The maximum atomic E-state index is 11.9. The van der Waals surface area contributed by atoms with Crippen molar-refractivity contribution in [2.24, 2.45) is 0 Å². The van der Waals surface area contributed by atoms with Crippen LogP contribution in [0.1, 0.15) is 47.7 Å². The molecule has 1 aromatic rings. The fourth-order valence-electron chi connectivity index (χ4n) is 2.77. The lowest BCUT2D eigenvalue weighted by Gasteiger charge is -2.28. The molecule has 1 heterocycles. The second-order valence-corrected chi connectivity index (χ2v) is 5.97. The molecule has 0 spiro atoms. The Labute approximate surface area is 134 Å². The largest absolute Gasteiger partial charge is 0.535 e. The van der Waals surface area contributed by atoms with E-state index in [1.54, 1.807) is 19.1 Å². The third-order valence-corrected chi connectivity index (χ3v) is 4.03. The first-order chi connectivity index (χ1) is 10.8. The van der Waals surface area contributed by atoms with E-state index in [2.05, 4.69) is 0 Å². The summed E-state index contributed by atoms with van der Waals surface area (Å²) in [5.41, 5.74) is 1.27. The van der Waals surface area contributed by atoms with Crippen LogP contribution < -0.4 is 4.65 Å². The Morgan fingerprint density at radius 1 is 1.30 bits per heavy atom. The van der Waals surface area contributed by atoms with Gasteiger partial charge in [-0.3, -0.25) is 4.79 Å². The third kappa shape index (κ3) is 3.98. The van der Waals surface area contributed by atoms with Gasteiger partial charge in [-0.1, -0.05) is 12.1 Å². The molecule has 0 aromatic heterocycles. The number of carbonyl (C=O) groups is 3. The van der Waals surface area contributed by atoms with Gasteiger partial charge in [-0.15, -0.1) is 0 Å². The summed E-state index contributed by atoms with van der Waals surface area (Å²) in [5.74, 6) is -1.53. The van der Waals surface area contributed by atoms with Crippen LogP contribution in [-0.4, -0.2) is 34.8 Å². The number of hydrogen-bond acceptors (Lipinski definition) is 5. The van der Waals surface area contributed by atoms with Crippen molar-refractivity contribution >= 4 is 24.7 Å². The minimum absolute atomic E-state index is 0.0444. The molecule has 0 radical (unpaired) electrons. The molecule has 6 nitrogen and oxygen atoms in total. The Morgan fingerprint density at radius 3 is 2.61 bits per heavy atom. The number of aryl methyl sites for hydroxylation is 1. The monoisotopic (exact) mass is 318 g/mol. The number of rotatable bonds is 6. The number of ketones is 2. The highest BCUT2D eigenvalue weighted by atomic mass is 16.5. The molecule has 0 saturated heterocycles. The molecule has 1 aliphatic heterocycles. The summed E-state index contributed by atoms with van der Waals surface area (Å²) in [6, 6.07) is 3.45. The van der Waals surface area contributed by atoms with E-state index in [1.807, 2.05) is 0 Å². The van der Waals surface area contributed by atoms with Gasteiger partial charge in [-0.25, -0.2) is 4.79 Å². The molecule has 23 heavy (non-hydrogen) atoms. The predicted molar refractivity (Wildman–Crippen MR) is 83.7 cm³/mol. The van der Waals surface area contributed by atoms with E-state index in [9.17, 15) is 24.5 Å². The van der Waals surface area contributed by atoms with Crippen LogP contribution >= 0.6 is 0 Å². The number of benzene rings is 1. The molecular formula is C16H19BO6. The molecular weight excluding hydrogens is 299 g/mol. The second-order valence-electron chi connectivity index (χ2n) is 5.97. The normalized spacial score (nSPS) is 16.5. The Morgan fingerprint density at radius 2 is 2.00 bits per heavy atom. The molecule has 1 aliphatic rings. The molecule has 0 saturated carbocycles. The molecule has 0 aliphatic carbocycles. The third-order valence-electron chi connectivity index (χ3n) is 4.03. The van der Waals surface area contributed by atoms with E-state index in [1.165, 1.54) is 6.92 Å². The van der Waals surface area contributed by atoms with Crippen LogP contribution in [0.4, 0.5) is 0 Å². The van der Waals surface area contributed by atoms with Crippen molar-refractivity contribution < 1.29 is 29.2 Å². The van der Waals surface area contributed by atoms with Gasteiger partial charge in [0.15, 0.2) is 0 Å². The smallest absolute Gasteiger partial charge is 0.526 e. The molecule has 1 atom stereocenters. The quantitative estimate of drug-likeness (QED) is 0.776. The Bertz CT molecular complexity index is 654. The van der Waals surface area contributed by atoms with Crippen molar-refractivity contribution in [3.05, 3.63) is 28.8 Å². The number of carboxylic acid groups (broad SMARTS) is 1. The highest BCUT2D eigenvalue weighted by Crippen LogP contribution is 2.37. The molecule has 0 fully saturated rings. The number of fused-ring (bicyclic) bond motifs is 1. The van der Waals surface area contributed by atoms with Crippen molar-refractivity contribution in [3.8, 4) is 5.75 Å². The minimum Gasteiger partial charge on any atom is -0.535 e. The molecule has 0 amide bonds. The Hall–Kier alpha value is -2.15. The molecule has 122 valence electrons. The van der Waals surface area contributed by atoms with Gasteiger partial charge in [0.05, 0.1) is 0 Å². The summed E-state index contributed by atoms with van der Waals surface area (Å²) >= 11 is 0. The average Bonchev–Trinajstić information content (AvgIpc) is 2.45. The van der Waals surface area contributed by atoms with Gasteiger partial charge in [0.2, 0.25) is 0 Å². The van der Waals surface area contributed by atoms with Gasteiger partial charge in [-0.05, 0) is 31.4 Å². The highest BCUT2D eigenvalue weighted by Gasteiger charge is 2.38. The Balaban J connectivity index is 2.15. The zero-order valence-electron chi connectivity index (χ0n) is 13.2. The van der Waals surface area contributed by atoms with Gasteiger partial charge in [0.25, 0.3) is 0 Å². The summed E-state index contributed by atoms with van der Waals surface area (Å²) in [5, 5.41) is 19.4. The number of carboxylic acids is 1. The molecule has 7 heteroatoms. The van der Waals surface area contributed by atoms with Crippen molar-refractivity contribution in [3.63, 3.8) is 0 Å².